The first kappa shape index (κ1) is 15.8. The molecule has 0 saturated carbocycles. The molecule has 3 heterocycles. The monoisotopic (exact) mass is 341 g/mol. The van der Waals surface area contributed by atoms with E-state index >= 15 is 0 Å². The topological polar surface area (TPSA) is 93.3 Å². The summed E-state index contributed by atoms with van der Waals surface area (Å²) in [6, 6.07) is 10.3. The lowest BCUT2D eigenvalue weighted by atomic mass is 9.82. The number of carbonyl (C=O) groups excluding carboxylic acids is 1. The largest absolute Gasteiger partial charge is 0.487 e. The number of hydrogen-bond donors (Lipinski definition) is 2. The van der Waals surface area contributed by atoms with Crippen LogP contribution in [0.5, 0.6) is 5.75 Å². The highest BCUT2D eigenvalue weighted by atomic mass is 16.5. The average molecular weight is 341 g/mol. The van der Waals surface area contributed by atoms with Crippen molar-refractivity contribution < 1.29 is 14.3 Å². The number of rotatable bonds is 2. The lowest BCUT2D eigenvalue weighted by Crippen LogP contribution is -2.48. The second kappa shape index (κ2) is 6.33. The number of nitrogens with zero attached hydrogens (tertiary/aromatic N) is 1. The molecular formula is C18H19N3O4. The van der Waals surface area contributed by atoms with Crippen molar-refractivity contribution in [1.29, 1.82) is 0 Å². The molecule has 1 aromatic heterocycles. The molecule has 4 rings (SSSR count). The Hall–Kier alpha value is -2.67. The van der Waals surface area contributed by atoms with Crippen molar-refractivity contribution in [3.8, 4) is 5.75 Å². The smallest absolute Gasteiger partial charge is 0.272 e. The maximum absolute atomic E-state index is 12.5. The molecule has 2 aromatic rings. The molecular weight excluding hydrogens is 322 g/mol. The Balaban J connectivity index is 1.61. The van der Waals surface area contributed by atoms with Crippen LogP contribution >= 0.6 is 0 Å². The lowest BCUT2D eigenvalue weighted by molar-refractivity contribution is -0.0639. The van der Waals surface area contributed by atoms with Gasteiger partial charge < -0.3 is 14.8 Å². The number of hydrogen-bond acceptors (Lipinski definition) is 5. The van der Waals surface area contributed by atoms with Crippen LogP contribution in [0, 0.1) is 0 Å². The number of aromatic amines is 1. The minimum atomic E-state index is -0.339. The molecule has 2 aliphatic rings. The molecule has 1 amide bonds. The Kier molecular flexibility index (Phi) is 4.01. The number of H-pyrrole nitrogens is 1. The molecule has 130 valence electrons. The molecule has 0 bridgehead atoms. The van der Waals surface area contributed by atoms with E-state index in [9.17, 15) is 9.59 Å². The number of para-hydroxylation sites is 1. The Morgan fingerprint density at radius 3 is 2.76 bits per heavy atom. The van der Waals surface area contributed by atoms with Crippen LogP contribution in [0.2, 0.25) is 0 Å². The number of carbonyl (C=O) groups is 1. The predicted molar refractivity (Wildman–Crippen MR) is 89.5 cm³/mol. The third-order valence-corrected chi connectivity index (χ3v) is 4.82. The summed E-state index contributed by atoms with van der Waals surface area (Å²) in [5.41, 5.74) is 0.485. The molecule has 0 aliphatic carbocycles. The van der Waals surface area contributed by atoms with Gasteiger partial charge in [0.1, 0.15) is 17.0 Å². The number of aromatic nitrogens is 2. The van der Waals surface area contributed by atoms with Gasteiger partial charge >= 0.3 is 0 Å². The van der Waals surface area contributed by atoms with E-state index in [4.69, 9.17) is 9.47 Å². The zero-order valence-electron chi connectivity index (χ0n) is 13.7. The van der Waals surface area contributed by atoms with Gasteiger partial charge in [0.05, 0.1) is 19.3 Å². The van der Waals surface area contributed by atoms with Crippen molar-refractivity contribution in [2.45, 2.75) is 30.9 Å². The van der Waals surface area contributed by atoms with Crippen LogP contribution in [0.1, 0.15) is 41.4 Å². The van der Waals surface area contributed by atoms with Crippen LogP contribution in [0.3, 0.4) is 0 Å². The highest BCUT2D eigenvalue weighted by molar-refractivity contribution is 5.92. The number of benzene rings is 1. The average Bonchev–Trinajstić information content (AvgIpc) is 2.63. The minimum absolute atomic E-state index is 0.177. The highest BCUT2D eigenvalue weighted by Gasteiger charge is 2.42. The fourth-order valence-corrected chi connectivity index (χ4v) is 3.50. The lowest BCUT2D eigenvalue weighted by Gasteiger charge is -2.44. The third-order valence-electron chi connectivity index (χ3n) is 4.82. The van der Waals surface area contributed by atoms with E-state index in [0.717, 1.165) is 24.2 Å². The fourth-order valence-electron chi connectivity index (χ4n) is 3.50. The van der Waals surface area contributed by atoms with Crippen LogP contribution in [0.4, 0.5) is 0 Å². The summed E-state index contributed by atoms with van der Waals surface area (Å²) in [7, 11) is 0. The molecule has 7 heteroatoms. The molecule has 0 radical (unpaired) electrons. The molecule has 1 aromatic carbocycles. The quantitative estimate of drug-likeness (QED) is 0.865. The van der Waals surface area contributed by atoms with Crippen molar-refractivity contribution in [3.63, 3.8) is 0 Å². The van der Waals surface area contributed by atoms with Gasteiger partial charge in [0, 0.05) is 30.9 Å². The molecule has 7 nitrogen and oxygen atoms in total. The minimum Gasteiger partial charge on any atom is -0.487 e. The first-order valence-electron chi connectivity index (χ1n) is 8.38. The summed E-state index contributed by atoms with van der Waals surface area (Å²) >= 11 is 0. The van der Waals surface area contributed by atoms with E-state index in [0.29, 0.717) is 19.6 Å². The van der Waals surface area contributed by atoms with E-state index < -0.39 is 0 Å². The van der Waals surface area contributed by atoms with E-state index in [2.05, 4.69) is 15.5 Å². The second-order valence-corrected chi connectivity index (χ2v) is 6.47. The Labute approximate surface area is 144 Å². The second-order valence-electron chi connectivity index (χ2n) is 6.47. The first-order valence-corrected chi connectivity index (χ1v) is 8.38. The normalized spacial score (nSPS) is 21.2. The van der Waals surface area contributed by atoms with Gasteiger partial charge in [-0.1, -0.05) is 18.2 Å². The summed E-state index contributed by atoms with van der Waals surface area (Å²) in [6.45, 7) is 1.31. The summed E-state index contributed by atoms with van der Waals surface area (Å²) in [5.74, 6) is 0.482. The molecule has 1 fully saturated rings. The summed E-state index contributed by atoms with van der Waals surface area (Å²) in [5, 5.41) is 9.13. The zero-order chi connectivity index (χ0) is 17.3. The molecule has 0 unspecified atom stereocenters. The Morgan fingerprint density at radius 2 is 2.00 bits per heavy atom. The molecule has 1 saturated heterocycles. The summed E-state index contributed by atoms with van der Waals surface area (Å²) < 4.78 is 11.8. The van der Waals surface area contributed by atoms with Gasteiger partial charge in [0.2, 0.25) is 0 Å². The highest BCUT2D eigenvalue weighted by Crippen LogP contribution is 2.43. The first-order chi connectivity index (χ1) is 12.2. The van der Waals surface area contributed by atoms with Crippen molar-refractivity contribution >= 4 is 5.91 Å². The Morgan fingerprint density at radius 1 is 1.20 bits per heavy atom. The van der Waals surface area contributed by atoms with Gasteiger partial charge in [-0.2, -0.15) is 5.10 Å². The molecule has 1 atom stereocenters. The fraction of sp³-hybridized carbons (Fsp3) is 0.389. The molecule has 2 N–H and O–H groups in total. The van der Waals surface area contributed by atoms with Crippen LogP contribution < -0.4 is 15.6 Å². The van der Waals surface area contributed by atoms with Crippen molar-refractivity contribution in [1.82, 2.24) is 15.5 Å². The number of amides is 1. The predicted octanol–water partition coefficient (Wildman–Crippen LogP) is 1.57. The van der Waals surface area contributed by atoms with Gasteiger partial charge in [0.25, 0.3) is 11.5 Å². The molecule has 25 heavy (non-hydrogen) atoms. The number of ether oxygens (including phenoxy) is 2. The van der Waals surface area contributed by atoms with E-state index in [-0.39, 0.29) is 28.8 Å². The Bertz CT molecular complexity index is 822. The SMILES string of the molecule is O=C(N[C@H]1CC2(CCOCC2)Oc2ccccc21)c1ccc(=O)[nH]n1. The van der Waals surface area contributed by atoms with Crippen LogP contribution in [-0.4, -0.2) is 34.9 Å². The number of fused-ring (bicyclic) bond motifs is 1. The van der Waals surface area contributed by atoms with E-state index in [1.807, 2.05) is 24.3 Å². The molecule has 1 spiro atoms. The van der Waals surface area contributed by atoms with Crippen molar-refractivity contribution in [2.24, 2.45) is 0 Å². The third kappa shape index (κ3) is 3.15. The van der Waals surface area contributed by atoms with Gasteiger partial charge in [0.15, 0.2) is 0 Å². The van der Waals surface area contributed by atoms with Crippen molar-refractivity contribution in [3.05, 3.63) is 58.0 Å². The molecule has 2 aliphatic heterocycles. The van der Waals surface area contributed by atoms with E-state index in [1.165, 1.54) is 12.1 Å². The van der Waals surface area contributed by atoms with Crippen LogP contribution in [-0.2, 0) is 4.74 Å². The van der Waals surface area contributed by atoms with Crippen LogP contribution in [0.15, 0.2) is 41.2 Å². The maximum atomic E-state index is 12.5. The summed E-state index contributed by atoms with van der Waals surface area (Å²) in [4.78, 5) is 23.7. The van der Waals surface area contributed by atoms with Gasteiger partial charge in [-0.3, -0.25) is 9.59 Å². The van der Waals surface area contributed by atoms with Gasteiger partial charge in [-0.25, -0.2) is 5.10 Å². The maximum Gasteiger partial charge on any atom is 0.272 e. The van der Waals surface area contributed by atoms with Gasteiger partial charge in [-0.05, 0) is 12.1 Å². The summed E-state index contributed by atoms with van der Waals surface area (Å²) in [6.07, 6.45) is 2.28. The zero-order valence-corrected chi connectivity index (χ0v) is 13.7. The number of nitrogens with one attached hydrogen (secondary N) is 2. The van der Waals surface area contributed by atoms with Crippen LogP contribution in [0.25, 0.3) is 0 Å². The van der Waals surface area contributed by atoms with E-state index in [1.54, 1.807) is 0 Å². The van der Waals surface area contributed by atoms with Crippen molar-refractivity contribution in [2.75, 3.05) is 13.2 Å². The van der Waals surface area contributed by atoms with Gasteiger partial charge in [-0.15, -0.1) is 0 Å². The standard InChI is InChI=1S/C18H19N3O4/c22-16-6-5-13(20-21-16)17(23)19-14-11-18(7-9-24-10-8-18)25-15-4-2-1-3-12(14)15/h1-6,14H,7-11H2,(H,19,23)(H,21,22)/t14-/m0/s1.